The SMILES string of the molecule is CCOc1ccc2[nH]c(-c3ccc(OC)cc3OC)c(CC(=O)O)c2c1. The van der Waals surface area contributed by atoms with Gasteiger partial charge < -0.3 is 24.3 Å². The van der Waals surface area contributed by atoms with Gasteiger partial charge in [0.05, 0.1) is 32.9 Å². The van der Waals surface area contributed by atoms with Gasteiger partial charge >= 0.3 is 5.97 Å². The van der Waals surface area contributed by atoms with Crippen LogP contribution in [0.1, 0.15) is 12.5 Å². The molecular formula is C20H21NO5. The van der Waals surface area contributed by atoms with Crippen LogP contribution in [0.4, 0.5) is 0 Å². The summed E-state index contributed by atoms with van der Waals surface area (Å²) in [5, 5.41) is 10.2. The number of methoxy groups -OCH3 is 2. The first-order valence-electron chi connectivity index (χ1n) is 8.29. The molecule has 0 amide bonds. The summed E-state index contributed by atoms with van der Waals surface area (Å²) in [6, 6.07) is 11.1. The van der Waals surface area contributed by atoms with Gasteiger partial charge in [0.25, 0.3) is 0 Å². The zero-order valence-corrected chi connectivity index (χ0v) is 15.0. The molecule has 0 fully saturated rings. The number of aromatic amines is 1. The minimum atomic E-state index is -0.901. The highest BCUT2D eigenvalue weighted by molar-refractivity contribution is 5.95. The molecule has 1 heterocycles. The van der Waals surface area contributed by atoms with E-state index in [1.165, 1.54) is 0 Å². The Morgan fingerprint density at radius 1 is 1.08 bits per heavy atom. The number of nitrogens with one attached hydrogen (secondary N) is 1. The molecule has 0 spiro atoms. The molecule has 2 aromatic carbocycles. The molecule has 0 radical (unpaired) electrons. The molecule has 1 aromatic heterocycles. The third-order valence-electron chi connectivity index (χ3n) is 4.19. The van der Waals surface area contributed by atoms with Crippen LogP contribution in [0.5, 0.6) is 17.2 Å². The van der Waals surface area contributed by atoms with Crippen LogP contribution in [-0.2, 0) is 11.2 Å². The first-order chi connectivity index (χ1) is 12.6. The molecule has 0 aliphatic carbocycles. The second-order valence-electron chi connectivity index (χ2n) is 5.76. The van der Waals surface area contributed by atoms with Crippen LogP contribution in [0.3, 0.4) is 0 Å². The predicted octanol–water partition coefficient (Wildman–Crippen LogP) is 3.88. The number of fused-ring (bicyclic) bond motifs is 1. The van der Waals surface area contributed by atoms with E-state index in [0.29, 0.717) is 29.4 Å². The van der Waals surface area contributed by atoms with E-state index in [9.17, 15) is 9.90 Å². The van der Waals surface area contributed by atoms with E-state index in [4.69, 9.17) is 14.2 Å². The number of carbonyl (C=O) groups is 1. The van der Waals surface area contributed by atoms with Crippen LogP contribution >= 0.6 is 0 Å². The smallest absolute Gasteiger partial charge is 0.307 e. The van der Waals surface area contributed by atoms with Crippen LogP contribution in [-0.4, -0.2) is 36.9 Å². The lowest BCUT2D eigenvalue weighted by molar-refractivity contribution is -0.136. The van der Waals surface area contributed by atoms with Crippen molar-refractivity contribution in [2.45, 2.75) is 13.3 Å². The van der Waals surface area contributed by atoms with Gasteiger partial charge in [-0.25, -0.2) is 0 Å². The summed E-state index contributed by atoms with van der Waals surface area (Å²) >= 11 is 0. The molecule has 26 heavy (non-hydrogen) atoms. The van der Waals surface area contributed by atoms with E-state index < -0.39 is 5.97 Å². The van der Waals surface area contributed by atoms with E-state index in [2.05, 4.69) is 4.98 Å². The molecule has 3 rings (SSSR count). The molecule has 3 aromatic rings. The summed E-state index contributed by atoms with van der Waals surface area (Å²) in [5.41, 5.74) is 3.03. The van der Waals surface area contributed by atoms with Crippen LogP contribution in [0.25, 0.3) is 22.2 Å². The van der Waals surface area contributed by atoms with Crippen molar-refractivity contribution < 1.29 is 24.1 Å². The van der Waals surface area contributed by atoms with Gasteiger partial charge in [0.2, 0.25) is 0 Å². The number of carboxylic acid groups (broad SMARTS) is 1. The highest BCUT2D eigenvalue weighted by Gasteiger charge is 2.19. The lowest BCUT2D eigenvalue weighted by Gasteiger charge is -2.11. The Labute approximate surface area is 151 Å². The number of aliphatic carboxylic acids is 1. The Bertz CT molecular complexity index is 945. The van der Waals surface area contributed by atoms with E-state index in [0.717, 1.165) is 22.2 Å². The minimum absolute atomic E-state index is 0.111. The summed E-state index contributed by atoms with van der Waals surface area (Å²) in [7, 11) is 3.16. The molecule has 0 saturated carbocycles. The fourth-order valence-corrected chi connectivity index (χ4v) is 3.05. The minimum Gasteiger partial charge on any atom is -0.497 e. The number of carboxylic acids is 1. The van der Waals surface area contributed by atoms with E-state index >= 15 is 0 Å². The second-order valence-corrected chi connectivity index (χ2v) is 5.76. The maximum absolute atomic E-state index is 11.5. The molecule has 0 aliphatic rings. The number of hydrogen-bond acceptors (Lipinski definition) is 4. The predicted molar refractivity (Wildman–Crippen MR) is 99.3 cm³/mol. The maximum atomic E-state index is 11.5. The molecule has 0 bridgehead atoms. The Kier molecular flexibility index (Phi) is 5.02. The van der Waals surface area contributed by atoms with Crippen molar-refractivity contribution in [1.82, 2.24) is 4.98 Å². The zero-order valence-electron chi connectivity index (χ0n) is 15.0. The van der Waals surface area contributed by atoms with Gasteiger partial charge in [-0.3, -0.25) is 4.79 Å². The summed E-state index contributed by atoms with van der Waals surface area (Å²) in [6.07, 6.45) is -0.111. The van der Waals surface area contributed by atoms with Crippen molar-refractivity contribution in [3.63, 3.8) is 0 Å². The summed E-state index contributed by atoms with van der Waals surface area (Å²) < 4.78 is 16.3. The van der Waals surface area contributed by atoms with Crippen molar-refractivity contribution in [3.05, 3.63) is 42.0 Å². The summed E-state index contributed by atoms with van der Waals surface area (Å²) in [5.74, 6) is 1.08. The van der Waals surface area contributed by atoms with Gasteiger partial charge in [-0.05, 0) is 42.8 Å². The third kappa shape index (κ3) is 3.31. The number of hydrogen-bond donors (Lipinski definition) is 2. The lowest BCUT2D eigenvalue weighted by Crippen LogP contribution is -2.01. The van der Waals surface area contributed by atoms with E-state index in [-0.39, 0.29) is 6.42 Å². The molecule has 136 valence electrons. The Balaban J connectivity index is 2.23. The number of ether oxygens (including phenoxy) is 3. The number of benzene rings is 2. The standard InChI is InChI=1S/C20H21NO5/c1-4-26-13-6-8-17-15(9-13)16(11-19(22)23)20(21-17)14-7-5-12(24-2)10-18(14)25-3/h5-10,21H,4,11H2,1-3H3,(H,22,23). The average Bonchev–Trinajstić information content (AvgIpc) is 2.98. The van der Waals surface area contributed by atoms with Gasteiger partial charge in [-0.15, -0.1) is 0 Å². The van der Waals surface area contributed by atoms with Crippen LogP contribution in [0.2, 0.25) is 0 Å². The zero-order chi connectivity index (χ0) is 18.7. The fourth-order valence-electron chi connectivity index (χ4n) is 3.05. The van der Waals surface area contributed by atoms with Crippen LogP contribution in [0, 0.1) is 0 Å². The molecule has 0 atom stereocenters. The average molecular weight is 355 g/mol. The monoisotopic (exact) mass is 355 g/mol. The first-order valence-corrected chi connectivity index (χ1v) is 8.29. The van der Waals surface area contributed by atoms with Gasteiger partial charge in [-0.2, -0.15) is 0 Å². The Morgan fingerprint density at radius 3 is 2.50 bits per heavy atom. The lowest BCUT2D eigenvalue weighted by atomic mass is 10.0. The summed E-state index contributed by atoms with van der Waals surface area (Å²) in [6.45, 7) is 2.45. The molecule has 6 heteroatoms. The Morgan fingerprint density at radius 2 is 1.85 bits per heavy atom. The van der Waals surface area contributed by atoms with Gasteiger partial charge in [0.1, 0.15) is 17.2 Å². The van der Waals surface area contributed by atoms with Crippen molar-refractivity contribution >= 4 is 16.9 Å². The fraction of sp³-hybridized carbons (Fsp3) is 0.250. The highest BCUT2D eigenvalue weighted by Crippen LogP contribution is 2.38. The van der Waals surface area contributed by atoms with Crippen LogP contribution < -0.4 is 14.2 Å². The van der Waals surface area contributed by atoms with Crippen molar-refractivity contribution in [2.75, 3.05) is 20.8 Å². The van der Waals surface area contributed by atoms with Gasteiger partial charge in [0.15, 0.2) is 0 Å². The van der Waals surface area contributed by atoms with E-state index in [1.54, 1.807) is 20.3 Å². The molecule has 6 nitrogen and oxygen atoms in total. The number of rotatable bonds is 7. The van der Waals surface area contributed by atoms with E-state index in [1.807, 2.05) is 37.3 Å². The quantitative estimate of drug-likeness (QED) is 0.672. The van der Waals surface area contributed by atoms with Gasteiger partial charge in [0, 0.05) is 22.5 Å². The molecule has 0 aliphatic heterocycles. The van der Waals surface area contributed by atoms with Crippen molar-refractivity contribution in [3.8, 4) is 28.5 Å². The Hall–Kier alpha value is -3.15. The topological polar surface area (TPSA) is 80.8 Å². The largest absolute Gasteiger partial charge is 0.497 e. The first kappa shape index (κ1) is 17.7. The normalized spacial score (nSPS) is 10.7. The second kappa shape index (κ2) is 7.39. The molecule has 0 saturated heterocycles. The van der Waals surface area contributed by atoms with Crippen molar-refractivity contribution in [1.29, 1.82) is 0 Å². The van der Waals surface area contributed by atoms with Gasteiger partial charge in [-0.1, -0.05) is 0 Å². The maximum Gasteiger partial charge on any atom is 0.307 e. The third-order valence-corrected chi connectivity index (χ3v) is 4.19. The van der Waals surface area contributed by atoms with Crippen LogP contribution in [0.15, 0.2) is 36.4 Å². The number of H-pyrrole nitrogens is 1. The number of aromatic nitrogens is 1. The molecule has 0 unspecified atom stereocenters. The molecular weight excluding hydrogens is 334 g/mol. The van der Waals surface area contributed by atoms with Crippen molar-refractivity contribution in [2.24, 2.45) is 0 Å². The highest BCUT2D eigenvalue weighted by atomic mass is 16.5. The summed E-state index contributed by atoms with van der Waals surface area (Å²) in [4.78, 5) is 14.8. The molecule has 2 N–H and O–H groups in total.